The van der Waals surface area contributed by atoms with Crippen LogP contribution in [0.3, 0.4) is 0 Å². The van der Waals surface area contributed by atoms with Gasteiger partial charge in [-0.15, -0.1) is 0 Å². The third kappa shape index (κ3) is 4.08. The second kappa shape index (κ2) is 7.61. The molecule has 0 saturated heterocycles. The molecule has 0 fully saturated rings. The first-order chi connectivity index (χ1) is 10.6. The van der Waals surface area contributed by atoms with E-state index in [0.717, 1.165) is 16.8 Å². The summed E-state index contributed by atoms with van der Waals surface area (Å²) in [6.45, 7) is -2.58. The van der Waals surface area contributed by atoms with E-state index in [0.29, 0.717) is 6.54 Å². The summed E-state index contributed by atoms with van der Waals surface area (Å²) < 4.78 is 34.2. The Morgan fingerprint density at radius 2 is 1.91 bits per heavy atom. The van der Waals surface area contributed by atoms with Crippen LogP contribution in [0.25, 0.3) is 0 Å². The lowest BCUT2D eigenvalue weighted by Gasteiger charge is -2.13. The van der Waals surface area contributed by atoms with Crippen LogP contribution >= 0.6 is 0 Å². The molecule has 0 heterocycles. The van der Waals surface area contributed by atoms with Crippen LogP contribution in [0.1, 0.15) is 11.1 Å². The minimum Gasteiger partial charge on any atom is -0.493 e. The molecule has 0 amide bonds. The van der Waals surface area contributed by atoms with Gasteiger partial charge in [-0.05, 0) is 23.8 Å². The molecule has 2 aromatic carbocycles. The largest absolute Gasteiger partial charge is 0.493 e. The number of para-hydroxylation sites is 1. The molecule has 0 unspecified atom stereocenters. The number of methoxy groups -OCH3 is 1. The van der Waals surface area contributed by atoms with Crippen molar-refractivity contribution in [1.82, 2.24) is 0 Å². The predicted octanol–water partition coefficient (Wildman–Crippen LogP) is 3.40. The van der Waals surface area contributed by atoms with Gasteiger partial charge in [-0.3, -0.25) is 0 Å². The first kappa shape index (κ1) is 16.0. The summed E-state index contributed by atoms with van der Waals surface area (Å²) >= 11 is 0. The number of ether oxygens (including phenoxy) is 2. The second-order valence-corrected chi connectivity index (χ2v) is 4.53. The first-order valence-corrected chi connectivity index (χ1v) is 6.68. The molecule has 118 valence electrons. The van der Waals surface area contributed by atoms with E-state index in [9.17, 15) is 13.9 Å². The molecule has 0 atom stereocenters. The Kier molecular flexibility index (Phi) is 5.55. The Morgan fingerprint density at radius 3 is 2.59 bits per heavy atom. The normalized spacial score (nSPS) is 10.6. The van der Waals surface area contributed by atoms with Crippen LogP contribution in [0.5, 0.6) is 11.5 Å². The van der Waals surface area contributed by atoms with Gasteiger partial charge in [0.25, 0.3) is 0 Å². The van der Waals surface area contributed by atoms with E-state index in [-0.39, 0.29) is 18.1 Å². The number of aliphatic hydroxyl groups is 1. The number of benzene rings is 2. The van der Waals surface area contributed by atoms with Crippen molar-refractivity contribution in [3.63, 3.8) is 0 Å². The summed E-state index contributed by atoms with van der Waals surface area (Å²) in [6, 6.07) is 12.2. The van der Waals surface area contributed by atoms with E-state index < -0.39 is 6.61 Å². The van der Waals surface area contributed by atoms with E-state index in [1.54, 1.807) is 12.1 Å². The zero-order valence-electron chi connectivity index (χ0n) is 12.1. The van der Waals surface area contributed by atoms with Crippen LogP contribution in [0.2, 0.25) is 0 Å². The molecular weight excluding hydrogens is 292 g/mol. The van der Waals surface area contributed by atoms with Gasteiger partial charge in [0.1, 0.15) is 0 Å². The van der Waals surface area contributed by atoms with Gasteiger partial charge in [0.15, 0.2) is 11.5 Å². The molecule has 0 aliphatic rings. The highest BCUT2D eigenvalue weighted by Crippen LogP contribution is 2.30. The molecule has 4 nitrogen and oxygen atoms in total. The number of alkyl halides is 2. The molecule has 6 heteroatoms. The Labute approximate surface area is 127 Å². The highest BCUT2D eigenvalue weighted by Gasteiger charge is 2.11. The van der Waals surface area contributed by atoms with E-state index in [1.807, 2.05) is 24.3 Å². The van der Waals surface area contributed by atoms with Crippen LogP contribution < -0.4 is 14.8 Å². The molecule has 0 radical (unpaired) electrons. The van der Waals surface area contributed by atoms with Crippen molar-refractivity contribution >= 4 is 5.69 Å². The van der Waals surface area contributed by atoms with Crippen molar-refractivity contribution in [1.29, 1.82) is 0 Å². The van der Waals surface area contributed by atoms with Gasteiger partial charge in [0.05, 0.1) is 13.7 Å². The maximum Gasteiger partial charge on any atom is 0.387 e. The molecule has 0 aliphatic heterocycles. The van der Waals surface area contributed by atoms with E-state index >= 15 is 0 Å². The number of anilines is 1. The van der Waals surface area contributed by atoms with E-state index in [1.165, 1.54) is 13.2 Å². The second-order valence-electron chi connectivity index (χ2n) is 4.53. The molecule has 22 heavy (non-hydrogen) atoms. The van der Waals surface area contributed by atoms with Gasteiger partial charge in [0, 0.05) is 17.8 Å². The maximum absolute atomic E-state index is 12.4. The van der Waals surface area contributed by atoms with Crippen molar-refractivity contribution in [2.45, 2.75) is 19.8 Å². The molecule has 2 aromatic rings. The first-order valence-electron chi connectivity index (χ1n) is 6.68. The monoisotopic (exact) mass is 309 g/mol. The third-order valence-corrected chi connectivity index (χ3v) is 3.11. The standard InChI is InChI=1S/C16H17F2NO3/c1-21-14-7-6-11(8-15(14)22-16(17)18)9-19-13-5-3-2-4-12(13)10-20/h2-8,16,19-20H,9-10H2,1H3. The number of rotatable bonds is 7. The van der Waals surface area contributed by atoms with Gasteiger partial charge in [-0.2, -0.15) is 8.78 Å². The van der Waals surface area contributed by atoms with Gasteiger partial charge < -0.3 is 19.9 Å². The minimum absolute atomic E-state index is 0.00718. The quantitative estimate of drug-likeness (QED) is 0.823. The average molecular weight is 309 g/mol. The van der Waals surface area contributed by atoms with Crippen molar-refractivity contribution < 1.29 is 23.4 Å². The lowest BCUT2D eigenvalue weighted by Crippen LogP contribution is -2.06. The number of hydrogen-bond donors (Lipinski definition) is 2. The van der Waals surface area contributed by atoms with Crippen molar-refractivity contribution in [3.8, 4) is 11.5 Å². The van der Waals surface area contributed by atoms with Crippen LogP contribution in [-0.4, -0.2) is 18.8 Å². The fraction of sp³-hybridized carbons (Fsp3) is 0.250. The zero-order valence-corrected chi connectivity index (χ0v) is 12.1. The molecular formula is C16H17F2NO3. The van der Waals surface area contributed by atoms with E-state index in [4.69, 9.17) is 4.74 Å². The lowest BCUT2D eigenvalue weighted by molar-refractivity contribution is -0.0512. The SMILES string of the molecule is COc1ccc(CNc2ccccc2CO)cc1OC(F)F. The number of halogens is 2. The highest BCUT2D eigenvalue weighted by atomic mass is 19.3. The Hall–Kier alpha value is -2.34. The molecule has 0 saturated carbocycles. The highest BCUT2D eigenvalue weighted by molar-refractivity contribution is 5.52. The fourth-order valence-electron chi connectivity index (χ4n) is 2.05. The molecule has 2 rings (SSSR count). The summed E-state index contributed by atoms with van der Waals surface area (Å²) in [7, 11) is 1.39. The summed E-state index contributed by atoms with van der Waals surface area (Å²) in [5.74, 6) is 0.243. The summed E-state index contributed by atoms with van der Waals surface area (Å²) in [5, 5.41) is 12.4. The summed E-state index contributed by atoms with van der Waals surface area (Å²) in [6.07, 6.45) is 0. The van der Waals surface area contributed by atoms with Gasteiger partial charge >= 0.3 is 6.61 Å². The van der Waals surface area contributed by atoms with Crippen LogP contribution in [-0.2, 0) is 13.2 Å². The smallest absolute Gasteiger partial charge is 0.387 e. The number of nitrogens with one attached hydrogen (secondary N) is 1. The number of hydrogen-bond acceptors (Lipinski definition) is 4. The van der Waals surface area contributed by atoms with Crippen LogP contribution in [0.15, 0.2) is 42.5 Å². The van der Waals surface area contributed by atoms with Gasteiger partial charge in [-0.25, -0.2) is 0 Å². The Bertz CT molecular complexity index is 620. The van der Waals surface area contributed by atoms with Crippen molar-refractivity contribution in [3.05, 3.63) is 53.6 Å². The van der Waals surface area contributed by atoms with Crippen LogP contribution in [0, 0.1) is 0 Å². The summed E-state index contributed by atoms with van der Waals surface area (Å²) in [5.41, 5.74) is 2.31. The predicted molar refractivity (Wildman–Crippen MR) is 79.3 cm³/mol. The topological polar surface area (TPSA) is 50.7 Å². The number of aliphatic hydroxyl groups excluding tert-OH is 1. The molecule has 0 aromatic heterocycles. The Morgan fingerprint density at radius 1 is 1.14 bits per heavy atom. The Balaban J connectivity index is 2.12. The van der Waals surface area contributed by atoms with Crippen LogP contribution in [0.4, 0.5) is 14.5 Å². The van der Waals surface area contributed by atoms with Crippen molar-refractivity contribution in [2.75, 3.05) is 12.4 Å². The minimum atomic E-state index is -2.91. The van der Waals surface area contributed by atoms with Crippen molar-refractivity contribution in [2.24, 2.45) is 0 Å². The summed E-state index contributed by atoms with van der Waals surface area (Å²) in [4.78, 5) is 0. The average Bonchev–Trinajstić information content (AvgIpc) is 2.52. The molecule has 0 spiro atoms. The van der Waals surface area contributed by atoms with Gasteiger partial charge in [0.2, 0.25) is 0 Å². The maximum atomic E-state index is 12.4. The third-order valence-electron chi connectivity index (χ3n) is 3.11. The van der Waals surface area contributed by atoms with Gasteiger partial charge in [-0.1, -0.05) is 24.3 Å². The van der Waals surface area contributed by atoms with E-state index in [2.05, 4.69) is 10.1 Å². The molecule has 2 N–H and O–H groups in total. The lowest BCUT2D eigenvalue weighted by atomic mass is 10.1. The molecule has 0 bridgehead atoms. The fourth-order valence-corrected chi connectivity index (χ4v) is 2.05. The zero-order chi connectivity index (χ0) is 15.9. The molecule has 0 aliphatic carbocycles.